The number of imidazole rings is 1. The molecule has 0 amide bonds. The third kappa shape index (κ3) is 1.97. The van der Waals surface area contributed by atoms with Crippen LogP contribution in [0.25, 0.3) is 0 Å². The van der Waals surface area contributed by atoms with Crippen LogP contribution < -0.4 is 0 Å². The molecule has 1 heterocycles. The Kier molecular flexibility index (Phi) is 3.53. The van der Waals surface area contributed by atoms with Gasteiger partial charge in [-0.05, 0) is 6.42 Å². The van der Waals surface area contributed by atoms with Gasteiger partial charge in [-0.1, -0.05) is 19.4 Å². The lowest BCUT2D eigenvalue weighted by Gasteiger charge is -2.09. The molecule has 1 unspecified atom stereocenters. The highest BCUT2D eigenvalue weighted by Crippen LogP contribution is 2.21. The summed E-state index contributed by atoms with van der Waals surface area (Å²) in [5.41, 5.74) is 0. The topological polar surface area (TPSA) is 17.8 Å². The molecule has 0 aliphatic carbocycles. The van der Waals surface area contributed by atoms with E-state index in [1.807, 2.05) is 15.9 Å². The van der Waals surface area contributed by atoms with Gasteiger partial charge >= 0.3 is 0 Å². The van der Waals surface area contributed by atoms with Crippen LogP contribution in [0, 0.1) is 0 Å². The molecule has 0 saturated carbocycles. The fraction of sp³-hybridized carbons (Fsp3) is 0.444. The first kappa shape index (κ1) is 9.52. The van der Waals surface area contributed by atoms with E-state index in [1.54, 1.807) is 6.20 Å². The molecule has 1 aromatic heterocycles. The zero-order chi connectivity index (χ0) is 8.97. The molecule has 0 spiro atoms. The van der Waals surface area contributed by atoms with Crippen molar-refractivity contribution in [2.45, 2.75) is 25.7 Å². The minimum Gasteiger partial charge on any atom is -0.269 e. The first-order chi connectivity index (χ1) is 5.79. The molecule has 1 rings (SSSR count). The number of rotatable bonds is 4. The molecule has 0 aromatic carbocycles. The van der Waals surface area contributed by atoms with Crippen molar-refractivity contribution >= 4 is 16.1 Å². The minimum atomic E-state index is 0.365. The maximum atomic E-state index is 4.25. The Hall–Kier alpha value is -0.570. The molecule has 0 saturated heterocycles. The van der Waals surface area contributed by atoms with Crippen LogP contribution in [0.2, 0.25) is 0 Å². The maximum Gasteiger partial charge on any atom is 0.125 e. The van der Waals surface area contributed by atoms with Crippen molar-refractivity contribution in [3.05, 3.63) is 30.9 Å². The summed E-state index contributed by atoms with van der Waals surface area (Å²) in [5, 5.41) is 0. The van der Waals surface area contributed by atoms with Crippen LogP contribution >= 0.6 is 16.1 Å². The van der Waals surface area contributed by atoms with E-state index in [9.17, 15) is 0 Å². The van der Waals surface area contributed by atoms with Crippen LogP contribution in [0.5, 0.6) is 0 Å². The van der Waals surface area contributed by atoms with Gasteiger partial charge in [0, 0.05) is 18.3 Å². The smallest absolute Gasteiger partial charge is 0.125 e. The molecule has 0 bridgehead atoms. The maximum absolute atomic E-state index is 4.25. The molecule has 1 atom stereocenters. The molecule has 0 aliphatic rings. The lowest BCUT2D eigenvalue weighted by Crippen LogP contribution is -1.99. The van der Waals surface area contributed by atoms with Crippen LogP contribution in [-0.2, 0) is 0 Å². The number of hydrogen-bond donors (Lipinski definition) is 0. The predicted molar refractivity (Wildman–Crippen MR) is 54.4 cm³/mol. The van der Waals surface area contributed by atoms with Crippen LogP contribution in [0.4, 0.5) is 0 Å². The standard InChI is InChI=1S/C9H13BrN2/c1-3-5-8(4-2)9-11-6-7-12(9)10/h4,6-8H,2-3,5H2,1H3. The number of hydrogen-bond acceptors (Lipinski definition) is 1. The molecule has 66 valence electrons. The monoisotopic (exact) mass is 228 g/mol. The SMILES string of the molecule is C=CC(CCC)c1nccn1Br. The fourth-order valence-electron chi connectivity index (χ4n) is 1.22. The molecule has 0 N–H and O–H groups in total. The van der Waals surface area contributed by atoms with Gasteiger partial charge in [-0.15, -0.1) is 6.58 Å². The quantitative estimate of drug-likeness (QED) is 0.725. The highest BCUT2D eigenvalue weighted by Gasteiger charge is 2.10. The van der Waals surface area contributed by atoms with Gasteiger partial charge in [-0.25, -0.2) is 4.98 Å². The molecule has 0 fully saturated rings. The van der Waals surface area contributed by atoms with Crippen molar-refractivity contribution in [1.82, 2.24) is 8.58 Å². The van der Waals surface area contributed by atoms with Gasteiger partial charge in [0.2, 0.25) is 0 Å². The van der Waals surface area contributed by atoms with E-state index in [-0.39, 0.29) is 0 Å². The van der Waals surface area contributed by atoms with Crippen molar-refractivity contribution in [3.63, 3.8) is 0 Å². The summed E-state index contributed by atoms with van der Waals surface area (Å²) in [7, 11) is 0. The lowest BCUT2D eigenvalue weighted by atomic mass is 10.0. The van der Waals surface area contributed by atoms with Gasteiger partial charge < -0.3 is 0 Å². The molecular formula is C9H13BrN2. The van der Waals surface area contributed by atoms with Crippen LogP contribution in [0.1, 0.15) is 31.5 Å². The van der Waals surface area contributed by atoms with E-state index in [0.29, 0.717) is 5.92 Å². The summed E-state index contributed by atoms with van der Waals surface area (Å²) >= 11 is 3.38. The highest BCUT2D eigenvalue weighted by atomic mass is 79.9. The second kappa shape index (κ2) is 4.45. The van der Waals surface area contributed by atoms with Crippen LogP contribution in [-0.4, -0.2) is 8.58 Å². The summed E-state index contributed by atoms with van der Waals surface area (Å²) in [5.74, 6) is 1.40. The van der Waals surface area contributed by atoms with Crippen molar-refractivity contribution < 1.29 is 0 Å². The molecule has 0 radical (unpaired) electrons. The lowest BCUT2D eigenvalue weighted by molar-refractivity contribution is 0.681. The molecule has 3 heteroatoms. The largest absolute Gasteiger partial charge is 0.269 e. The Morgan fingerprint density at radius 1 is 1.83 bits per heavy atom. The summed E-state index contributed by atoms with van der Waals surface area (Å²) in [4.78, 5) is 4.25. The Bertz CT molecular complexity index is 255. The van der Waals surface area contributed by atoms with Crippen molar-refractivity contribution in [2.24, 2.45) is 0 Å². The van der Waals surface area contributed by atoms with Crippen molar-refractivity contribution in [2.75, 3.05) is 0 Å². The van der Waals surface area contributed by atoms with Gasteiger partial charge in [-0.2, -0.15) is 0 Å². The summed E-state index contributed by atoms with van der Waals surface area (Å²) in [6.45, 7) is 5.97. The second-order valence-electron chi connectivity index (χ2n) is 2.73. The Labute approximate surface area is 81.6 Å². The van der Waals surface area contributed by atoms with E-state index in [2.05, 4.69) is 34.6 Å². The average molecular weight is 229 g/mol. The van der Waals surface area contributed by atoms with Crippen molar-refractivity contribution in [1.29, 1.82) is 0 Å². The highest BCUT2D eigenvalue weighted by molar-refractivity contribution is 9.08. The van der Waals surface area contributed by atoms with E-state index < -0.39 is 0 Å². The van der Waals surface area contributed by atoms with Gasteiger partial charge in [0.25, 0.3) is 0 Å². The molecule has 1 aromatic rings. The Morgan fingerprint density at radius 3 is 3.00 bits per heavy atom. The van der Waals surface area contributed by atoms with Crippen molar-refractivity contribution in [3.8, 4) is 0 Å². The first-order valence-electron chi connectivity index (χ1n) is 4.11. The second-order valence-corrected chi connectivity index (χ2v) is 3.49. The Morgan fingerprint density at radius 2 is 2.58 bits per heavy atom. The molecular weight excluding hydrogens is 216 g/mol. The molecule has 12 heavy (non-hydrogen) atoms. The van der Waals surface area contributed by atoms with Gasteiger partial charge in [0.1, 0.15) is 5.82 Å². The van der Waals surface area contributed by atoms with E-state index in [1.165, 1.54) is 0 Å². The number of aromatic nitrogens is 2. The molecule has 0 aliphatic heterocycles. The number of allylic oxidation sites excluding steroid dienone is 1. The van der Waals surface area contributed by atoms with E-state index >= 15 is 0 Å². The summed E-state index contributed by atoms with van der Waals surface area (Å²) in [6.07, 6.45) is 7.88. The van der Waals surface area contributed by atoms with E-state index in [4.69, 9.17) is 0 Å². The third-order valence-electron chi connectivity index (χ3n) is 1.84. The fourth-order valence-corrected chi connectivity index (χ4v) is 1.68. The first-order valence-corrected chi connectivity index (χ1v) is 4.82. The minimum absolute atomic E-state index is 0.365. The number of halogens is 1. The van der Waals surface area contributed by atoms with Crippen LogP contribution in [0.3, 0.4) is 0 Å². The van der Waals surface area contributed by atoms with Gasteiger partial charge in [0.05, 0.1) is 16.1 Å². The van der Waals surface area contributed by atoms with Crippen LogP contribution in [0.15, 0.2) is 25.0 Å². The average Bonchev–Trinajstić information content (AvgIpc) is 2.47. The molecule has 2 nitrogen and oxygen atoms in total. The zero-order valence-corrected chi connectivity index (χ0v) is 8.79. The predicted octanol–water partition coefficient (Wildman–Crippen LogP) is 3.11. The third-order valence-corrected chi connectivity index (χ3v) is 2.44. The Balaban J connectivity index is 2.79. The summed E-state index contributed by atoms with van der Waals surface area (Å²) in [6, 6.07) is 0. The number of nitrogens with zero attached hydrogens (tertiary/aromatic N) is 2. The zero-order valence-electron chi connectivity index (χ0n) is 7.20. The van der Waals surface area contributed by atoms with Gasteiger partial charge in [-0.3, -0.25) is 3.59 Å². The summed E-state index contributed by atoms with van der Waals surface area (Å²) < 4.78 is 1.87. The van der Waals surface area contributed by atoms with Gasteiger partial charge in [0.15, 0.2) is 0 Å². The normalized spacial score (nSPS) is 12.8. The van der Waals surface area contributed by atoms with E-state index in [0.717, 1.165) is 18.7 Å².